The molecule has 5 heteroatoms. The van der Waals surface area contributed by atoms with Crippen LogP contribution in [-0.2, 0) is 6.54 Å². The minimum atomic E-state index is 0.785. The van der Waals surface area contributed by atoms with E-state index in [9.17, 15) is 0 Å². The number of rotatable bonds is 0. The molecule has 1 aliphatic heterocycles. The van der Waals surface area contributed by atoms with Crippen molar-refractivity contribution in [3.63, 3.8) is 0 Å². The summed E-state index contributed by atoms with van der Waals surface area (Å²) in [6, 6.07) is 2.00. The van der Waals surface area contributed by atoms with E-state index in [4.69, 9.17) is 0 Å². The van der Waals surface area contributed by atoms with Crippen molar-refractivity contribution in [3.05, 3.63) is 18.6 Å². The summed E-state index contributed by atoms with van der Waals surface area (Å²) in [5.74, 6) is 0.785. The Morgan fingerprint density at radius 3 is 3.07 bits per heavy atom. The lowest BCUT2D eigenvalue weighted by atomic mass is 10.4. The predicted molar refractivity (Wildman–Crippen MR) is 60.4 cm³/mol. The molecule has 0 fully saturated rings. The van der Waals surface area contributed by atoms with E-state index in [1.54, 1.807) is 6.33 Å². The normalized spacial score (nSPS) is 13.2. The molecule has 2 aromatic heterocycles. The molecule has 5 nitrogen and oxygen atoms in total. The first-order chi connectivity index (χ1) is 7.45. The minimum absolute atomic E-state index is 0.785. The first kappa shape index (κ1) is 9.79. The van der Waals surface area contributed by atoms with Crippen LogP contribution in [0.3, 0.4) is 0 Å². The quantitative estimate of drug-likeness (QED) is 0.697. The van der Waals surface area contributed by atoms with Gasteiger partial charge in [-0.2, -0.15) is 0 Å². The Kier molecular flexibility index (Phi) is 2.73. The van der Waals surface area contributed by atoms with Crippen molar-refractivity contribution in [3.8, 4) is 0 Å². The molecule has 1 aliphatic rings. The van der Waals surface area contributed by atoms with E-state index < -0.39 is 0 Å². The van der Waals surface area contributed by atoms with Crippen molar-refractivity contribution in [1.82, 2.24) is 14.5 Å². The van der Waals surface area contributed by atoms with Crippen LogP contribution in [0.5, 0.6) is 0 Å². The number of aliphatic imine (C=N–C) groups is 1. The molecule has 15 heavy (non-hydrogen) atoms. The first-order valence-electron chi connectivity index (χ1n) is 4.85. The number of hydrogen-bond acceptors (Lipinski definition) is 4. The van der Waals surface area contributed by atoms with Gasteiger partial charge in [0, 0.05) is 25.4 Å². The largest absolute Gasteiger partial charge is 0.343 e. The van der Waals surface area contributed by atoms with E-state index in [0.717, 1.165) is 29.8 Å². The van der Waals surface area contributed by atoms with E-state index in [2.05, 4.69) is 25.3 Å². The number of nitrogens with two attached hydrogens (primary N) is 1. The minimum Gasteiger partial charge on any atom is -0.343 e. The van der Waals surface area contributed by atoms with Crippen molar-refractivity contribution < 1.29 is 0 Å². The van der Waals surface area contributed by atoms with Crippen LogP contribution in [0.4, 0.5) is 5.82 Å². The molecule has 78 valence electrons. The molecule has 2 N–H and O–H groups in total. The Morgan fingerprint density at radius 1 is 1.33 bits per heavy atom. The van der Waals surface area contributed by atoms with Crippen LogP contribution in [0.2, 0.25) is 0 Å². The summed E-state index contributed by atoms with van der Waals surface area (Å²) in [6.07, 6.45) is 6.47. The smallest absolute Gasteiger partial charge is 0.179 e. The van der Waals surface area contributed by atoms with Crippen molar-refractivity contribution in [2.75, 3.05) is 7.05 Å². The van der Waals surface area contributed by atoms with Gasteiger partial charge in [0.1, 0.15) is 11.8 Å². The van der Waals surface area contributed by atoms with Gasteiger partial charge in [-0.15, -0.1) is 0 Å². The predicted octanol–water partition coefficient (Wildman–Crippen LogP) is 1.11. The summed E-state index contributed by atoms with van der Waals surface area (Å²) >= 11 is 0. The van der Waals surface area contributed by atoms with E-state index in [-0.39, 0.29) is 0 Å². The Bertz CT molecular complexity index is 486. The molecule has 0 unspecified atom stereocenters. The van der Waals surface area contributed by atoms with Crippen LogP contribution in [-0.4, -0.2) is 27.8 Å². The summed E-state index contributed by atoms with van der Waals surface area (Å²) in [4.78, 5) is 12.6. The zero-order valence-corrected chi connectivity index (χ0v) is 8.59. The summed E-state index contributed by atoms with van der Waals surface area (Å²) in [5.41, 5.74) is 6.53. The molecule has 0 aliphatic carbocycles. The van der Waals surface area contributed by atoms with Crippen molar-refractivity contribution in [2.24, 2.45) is 10.7 Å². The van der Waals surface area contributed by atoms with Gasteiger partial charge < -0.3 is 10.3 Å². The zero-order chi connectivity index (χ0) is 10.7. The highest BCUT2D eigenvalue weighted by Crippen LogP contribution is 2.24. The maximum atomic E-state index is 4.50. The molecule has 0 atom stereocenters. The standard InChI is InChI=1S/C9H8N4.CH5N/c1-3-10-9-8-7(11-6-12-9)2-5-13(8)4-1;1-2/h2-3,5-6H,1,4H2;2H2,1H3. The summed E-state index contributed by atoms with van der Waals surface area (Å²) in [6.45, 7) is 0.966. The zero-order valence-electron chi connectivity index (χ0n) is 8.59. The van der Waals surface area contributed by atoms with E-state index in [1.807, 2.05) is 18.5 Å². The molecule has 0 saturated heterocycles. The third-order valence-corrected chi connectivity index (χ3v) is 2.24. The lowest BCUT2D eigenvalue weighted by Gasteiger charge is -1.99. The number of nitrogens with zero attached hydrogens (tertiary/aromatic N) is 4. The molecule has 0 bridgehead atoms. The van der Waals surface area contributed by atoms with Gasteiger partial charge in [0.05, 0.1) is 5.52 Å². The van der Waals surface area contributed by atoms with Gasteiger partial charge in [0.2, 0.25) is 0 Å². The summed E-state index contributed by atoms with van der Waals surface area (Å²) in [7, 11) is 1.50. The molecule has 2 aromatic rings. The molecule has 0 saturated carbocycles. The highest BCUT2D eigenvalue weighted by atomic mass is 15.1. The van der Waals surface area contributed by atoms with Crippen molar-refractivity contribution >= 4 is 23.1 Å². The molecule has 0 amide bonds. The van der Waals surface area contributed by atoms with Crippen LogP contribution < -0.4 is 5.73 Å². The van der Waals surface area contributed by atoms with E-state index >= 15 is 0 Å². The van der Waals surface area contributed by atoms with Crippen LogP contribution in [0.25, 0.3) is 11.0 Å². The Balaban J connectivity index is 0.000000404. The Hall–Kier alpha value is -1.75. The summed E-state index contributed by atoms with van der Waals surface area (Å²) in [5, 5.41) is 0. The molecule has 3 rings (SSSR count). The van der Waals surface area contributed by atoms with Crippen LogP contribution >= 0.6 is 0 Å². The van der Waals surface area contributed by atoms with Gasteiger partial charge in [-0.1, -0.05) is 0 Å². The average molecular weight is 203 g/mol. The second-order valence-electron chi connectivity index (χ2n) is 3.04. The monoisotopic (exact) mass is 203 g/mol. The van der Waals surface area contributed by atoms with Crippen LogP contribution in [0.1, 0.15) is 6.42 Å². The maximum Gasteiger partial charge on any atom is 0.179 e. The number of aromatic nitrogens is 3. The topological polar surface area (TPSA) is 69.1 Å². The van der Waals surface area contributed by atoms with Crippen LogP contribution in [0.15, 0.2) is 23.6 Å². The van der Waals surface area contributed by atoms with Gasteiger partial charge in [-0.25, -0.2) is 15.0 Å². The fourth-order valence-electron chi connectivity index (χ4n) is 1.64. The Labute approximate surface area is 87.7 Å². The molecule has 3 heterocycles. The molecular formula is C10H13N5. The molecule has 0 spiro atoms. The van der Waals surface area contributed by atoms with Gasteiger partial charge in [0.15, 0.2) is 5.82 Å². The number of aryl methyl sites for hydroxylation is 1. The third kappa shape index (κ3) is 1.61. The lowest BCUT2D eigenvalue weighted by Crippen LogP contribution is -1.94. The maximum absolute atomic E-state index is 4.50. The second-order valence-corrected chi connectivity index (χ2v) is 3.04. The fourth-order valence-corrected chi connectivity index (χ4v) is 1.64. The van der Waals surface area contributed by atoms with E-state index in [0.29, 0.717) is 0 Å². The molecular weight excluding hydrogens is 190 g/mol. The number of hydrogen-bond donors (Lipinski definition) is 1. The highest BCUT2D eigenvalue weighted by Gasteiger charge is 2.09. The van der Waals surface area contributed by atoms with Gasteiger partial charge in [0.25, 0.3) is 0 Å². The third-order valence-electron chi connectivity index (χ3n) is 2.24. The van der Waals surface area contributed by atoms with Gasteiger partial charge >= 0.3 is 0 Å². The highest BCUT2D eigenvalue weighted by molar-refractivity contribution is 5.87. The fraction of sp³-hybridized carbons (Fsp3) is 0.300. The van der Waals surface area contributed by atoms with Crippen molar-refractivity contribution in [1.29, 1.82) is 0 Å². The molecule has 0 radical (unpaired) electrons. The average Bonchev–Trinajstić information content (AvgIpc) is 2.59. The van der Waals surface area contributed by atoms with Crippen molar-refractivity contribution in [2.45, 2.75) is 13.0 Å². The lowest BCUT2D eigenvalue weighted by molar-refractivity contribution is 0.765. The van der Waals surface area contributed by atoms with Gasteiger partial charge in [-0.05, 0) is 13.1 Å². The summed E-state index contributed by atoms with van der Waals surface area (Å²) < 4.78 is 2.15. The second kappa shape index (κ2) is 4.18. The molecule has 0 aromatic carbocycles. The van der Waals surface area contributed by atoms with E-state index in [1.165, 1.54) is 7.05 Å². The Morgan fingerprint density at radius 2 is 2.20 bits per heavy atom. The van der Waals surface area contributed by atoms with Gasteiger partial charge in [-0.3, -0.25) is 0 Å². The van der Waals surface area contributed by atoms with Crippen LogP contribution in [0, 0.1) is 0 Å². The first-order valence-corrected chi connectivity index (χ1v) is 4.85. The SMILES string of the molecule is C1=Nc2ncnc3ccn(c23)CC1.CN.